The predicted molar refractivity (Wildman–Crippen MR) is 198 cm³/mol. The average molecular weight is 603 g/mol. The van der Waals surface area contributed by atoms with Crippen molar-refractivity contribution in [2.75, 3.05) is 4.90 Å². The number of hydrogen-bond donors (Lipinski definition) is 0. The fourth-order valence-electron chi connectivity index (χ4n) is 7.73. The van der Waals surface area contributed by atoms with E-state index in [0.717, 1.165) is 22.7 Å². The Morgan fingerprint density at radius 3 is 1.77 bits per heavy atom. The number of para-hydroxylation sites is 4. The number of benzene rings is 7. The maximum atomic E-state index is 2.45. The summed E-state index contributed by atoms with van der Waals surface area (Å²) in [6, 6.07) is 61.9. The molecule has 9 rings (SSSR count). The van der Waals surface area contributed by atoms with Gasteiger partial charge in [0.15, 0.2) is 0 Å². The second kappa shape index (κ2) is 10.6. The van der Waals surface area contributed by atoms with Gasteiger partial charge in [0, 0.05) is 38.8 Å². The van der Waals surface area contributed by atoms with Gasteiger partial charge in [-0.15, -0.1) is 0 Å². The molecular weight excluding hydrogens is 569 g/mol. The maximum absolute atomic E-state index is 2.45. The maximum Gasteiger partial charge on any atom is 0.0548 e. The molecule has 0 aliphatic heterocycles. The van der Waals surface area contributed by atoms with Gasteiger partial charge in [-0.25, -0.2) is 0 Å². The van der Waals surface area contributed by atoms with Crippen LogP contribution in [0.4, 0.5) is 17.1 Å². The molecule has 2 heteroatoms. The Morgan fingerprint density at radius 1 is 0.447 bits per heavy atom. The largest absolute Gasteiger partial charge is 0.310 e. The van der Waals surface area contributed by atoms with E-state index in [1.54, 1.807) is 0 Å². The minimum absolute atomic E-state index is 0.0936. The topological polar surface area (TPSA) is 8.17 Å². The van der Waals surface area contributed by atoms with Crippen LogP contribution in [0.2, 0.25) is 0 Å². The van der Waals surface area contributed by atoms with E-state index in [1.807, 2.05) is 0 Å². The molecule has 1 heterocycles. The van der Waals surface area contributed by atoms with Crippen molar-refractivity contribution >= 4 is 38.9 Å². The van der Waals surface area contributed by atoms with E-state index in [-0.39, 0.29) is 5.41 Å². The lowest BCUT2D eigenvalue weighted by Gasteiger charge is -2.29. The Balaban J connectivity index is 1.39. The van der Waals surface area contributed by atoms with Crippen molar-refractivity contribution in [3.63, 3.8) is 0 Å². The van der Waals surface area contributed by atoms with Gasteiger partial charge in [-0.1, -0.05) is 123 Å². The third-order valence-corrected chi connectivity index (χ3v) is 9.97. The van der Waals surface area contributed by atoms with Gasteiger partial charge in [-0.3, -0.25) is 0 Å². The van der Waals surface area contributed by atoms with Crippen molar-refractivity contribution < 1.29 is 0 Å². The molecule has 0 fully saturated rings. The highest BCUT2D eigenvalue weighted by Crippen LogP contribution is 2.51. The first-order chi connectivity index (χ1) is 23.1. The predicted octanol–water partition coefficient (Wildman–Crippen LogP) is 12.2. The number of nitrogens with zero attached hydrogens (tertiary/aromatic N) is 2. The number of rotatable bonds is 5. The van der Waals surface area contributed by atoms with Crippen molar-refractivity contribution in [2.45, 2.75) is 19.3 Å². The Morgan fingerprint density at radius 2 is 1.04 bits per heavy atom. The van der Waals surface area contributed by atoms with Crippen LogP contribution in [0.3, 0.4) is 0 Å². The van der Waals surface area contributed by atoms with Gasteiger partial charge >= 0.3 is 0 Å². The Hall–Kier alpha value is -5.86. The lowest BCUT2D eigenvalue weighted by Crippen LogP contribution is -2.15. The third kappa shape index (κ3) is 4.26. The average Bonchev–Trinajstić information content (AvgIpc) is 3.57. The van der Waals surface area contributed by atoms with Gasteiger partial charge in [0.1, 0.15) is 0 Å². The van der Waals surface area contributed by atoms with Gasteiger partial charge in [-0.2, -0.15) is 0 Å². The van der Waals surface area contributed by atoms with Crippen molar-refractivity contribution in [3.05, 3.63) is 181 Å². The smallest absolute Gasteiger partial charge is 0.0548 e. The quantitative estimate of drug-likeness (QED) is 0.190. The number of anilines is 3. The summed E-state index contributed by atoms with van der Waals surface area (Å²) in [5.41, 5.74) is 14.7. The second-order valence-corrected chi connectivity index (χ2v) is 13.0. The molecule has 8 aromatic rings. The van der Waals surface area contributed by atoms with Crippen LogP contribution in [0.15, 0.2) is 170 Å². The highest BCUT2D eigenvalue weighted by molar-refractivity contribution is 6.13. The monoisotopic (exact) mass is 602 g/mol. The molecule has 0 bridgehead atoms. The molecule has 2 nitrogen and oxygen atoms in total. The molecule has 0 N–H and O–H groups in total. The third-order valence-electron chi connectivity index (χ3n) is 9.97. The molecule has 224 valence electrons. The molecule has 0 atom stereocenters. The minimum atomic E-state index is -0.0936. The standard InChI is InChI=1S/C45H34N2/c1-45(2)40-24-14-12-22-35(40)36-27-26-31(28-41(36)45)38-29-44-39(37-23-13-15-25-42(37)47(44)34-20-10-5-11-21-34)30-43(38)46(32-16-6-3-7-17-32)33-18-8-4-9-19-33/h3-30H,1-2H3. The van der Waals surface area contributed by atoms with E-state index in [0.29, 0.717) is 0 Å². The molecule has 0 radical (unpaired) electrons. The van der Waals surface area contributed by atoms with Crippen LogP contribution >= 0.6 is 0 Å². The van der Waals surface area contributed by atoms with E-state index in [4.69, 9.17) is 0 Å². The zero-order valence-electron chi connectivity index (χ0n) is 26.6. The molecule has 7 aromatic carbocycles. The normalized spacial score (nSPS) is 13.1. The summed E-state index contributed by atoms with van der Waals surface area (Å²) in [7, 11) is 0. The van der Waals surface area contributed by atoms with Crippen LogP contribution in [0, 0.1) is 0 Å². The molecule has 1 aliphatic rings. The van der Waals surface area contributed by atoms with Crippen molar-refractivity contribution in [1.82, 2.24) is 4.57 Å². The van der Waals surface area contributed by atoms with Gasteiger partial charge < -0.3 is 9.47 Å². The van der Waals surface area contributed by atoms with E-state index in [9.17, 15) is 0 Å². The Labute approximate surface area is 275 Å². The zero-order valence-corrected chi connectivity index (χ0v) is 26.6. The summed E-state index contributed by atoms with van der Waals surface area (Å²) < 4.78 is 2.42. The molecule has 0 unspecified atom stereocenters. The highest BCUT2D eigenvalue weighted by atomic mass is 15.1. The fraction of sp³-hybridized carbons (Fsp3) is 0.0667. The lowest BCUT2D eigenvalue weighted by molar-refractivity contribution is 0.660. The summed E-state index contributed by atoms with van der Waals surface area (Å²) >= 11 is 0. The molecule has 0 spiro atoms. The summed E-state index contributed by atoms with van der Waals surface area (Å²) in [6.07, 6.45) is 0. The highest BCUT2D eigenvalue weighted by Gasteiger charge is 2.35. The van der Waals surface area contributed by atoms with Crippen LogP contribution in [0.1, 0.15) is 25.0 Å². The first-order valence-corrected chi connectivity index (χ1v) is 16.4. The molecular formula is C45H34N2. The first kappa shape index (κ1) is 27.5. The molecule has 0 saturated heterocycles. The fourth-order valence-corrected chi connectivity index (χ4v) is 7.73. The summed E-state index contributed by atoms with van der Waals surface area (Å²) in [4.78, 5) is 2.41. The van der Waals surface area contributed by atoms with E-state index < -0.39 is 0 Å². The Bertz CT molecular complexity index is 2380. The lowest BCUT2D eigenvalue weighted by atomic mass is 9.81. The van der Waals surface area contributed by atoms with E-state index in [2.05, 4.69) is 193 Å². The van der Waals surface area contributed by atoms with Gasteiger partial charge in [0.05, 0.1) is 16.7 Å². The summed E-state index contributed by atoms with van der Waals surface area (Å²) in [5.74, 6) is 0. The van der Waals surface area contributed by atoms with E-state index >= 15 is 0 Å². The SMILES string of the molecule is CC1(C)c2ccccc2-c2ccc(-c3cc4c(cc3N(c3ccccc3)c3ccccc3)c3ccccc3n4-c3ccccc3)cc21. The number of fused-ring (bicyclic) bond motifs is 6. The van der Waals surface area contributed by atoms with Crippen LogP contribution in [-0.2, 0) is 5.41 Å². The summed E-state index contributed by atoms with van der Waals surface area (Å²) in [6.45, 7) is 4.72. The molecule has 1 aromatic heterocycles. The van der Waals surface area contributed by atoms with Crippen molar-refractivity contribution in [1.29, 1.82) is 0 Å². The van der Waals surface area contributed by atoms with Gasteiger partial charge in [0.2, 0.25) is 0 Å². The second-order valence-electron chi connectivity index (χ2n) is 13.0. The number of hydrogen-bond acceptors (Lipinski definition) is 1. The minimum Gasteiger partial charge on any atom is -0.310 e. The number of aromatic nitrogens is 1. The van der Waals surface area contributed by atoms with Crippen LogP contribution in [-0.4, -0.2) is 4.57 Å². The molecule has 47 heavy (non-hydrogen) atoms. The van der Waals surface area contributed by atoms with Crippen LogP contribution in [0.25, 0.3) is 49.7 Å². The van der Waals surface area contributed by atoms with Crippen molar-refractivity contribution in [3.8, 4) is 27.9 Å². The van der Waals surface area contributed by atoms with E-state index in [1.165, 1.54) is 55.2 Å². The Kier molecular flexibility index (Phi) is 6.20. The van der Waals surface area contributed by atoms with Crippen LogP contribution < -0.4 is 4.90 Å². The first-order valence-electron chi connectivity index (χ1n) is 16.4. The van der Waals surface area contributed by atoms with Gasteiger partial charge in [0.25, 0.3) is 0 Å². The van der Waals surface area contributed by atoms with Crippen molar-refractivity contribution in [2.24, 2.45) is 0 Å². The van der Waals surface area contributed by atoms with Gasteiger partial charge in [-0.05, 0) is 88.5 Å². The molecule has 0 saturated carbocycles. The molecule has 0 amide bonds. The molecule has 1 aliphatic carbocycles. The van der Waals surface area contributed by atoms with Crippen LogP contribution in [0.5, 0.6) is 0 Å². The zero-order chi connectivity index (χ0) is 31.5. The summed E-state index contributed by atoms with van der Waals surface area (Å²) in [5, 5.41) is 2.47.